The molecule has 9 heteroatoms. The van der Waals surface area contributed by atoms with Crippen molar-refractivity contribution in [3.8, 4) is 23.0 Å². The van der Waals surface area contributed by atoms with Crippen LogP contribution in [0.2, 0.25) is 0 Å². The number of methoxy groups -OCH3 is 5. The van der Waals surface area contributed by atoms with Crippen molar-refractivity contribution in [1.29, 1.82) is 0 Å². The number of benzene rings is 2. The maximum atomic E-state index is 13.9. The molecule has 1 unspecified atom stereocenters. The van der Waals surface area contributed by atoms with Crippen LogP contribution in [0.15, 0.2) is 52.7 Å². The largest absolute Gasteiger partial charge is 0.497 e. The SMILES string of the molecule is COCCOC(=O)C1C(C)=NC2=C(C(=O)C[C@H](c3ccc(OC)c(OC)c3)C2)[C@@H]1c1ccc(OC)cc1OC. The van der Waals surface area contributed by atoms with Crippen LogP contribution in [0.1, 0.15) is 42.7 Å². The molecule has 3 atom stereocenters. The number of hydrogen-bond acceptors (Lipinski definition) is 9. The molecule has 39 heavy (non-hydrogen) atoms. The van der Waals surface area contributed by atoms with Gasteiger partial charge in [0.1, 0.15) is 24.0 Å². The maximum absolute atomic E-state index is 13.9. The van der Waals surface area contributed by atoms with Crippen LogP contribution in [-0.4, -0.2) is 66.2 Å². The van der Waals surface area contributed by atoms with Crippen LogP contribution >= 0.6 is 0 Å². The Bertz CT molecular complexity index is 1300. The van der Waals surface area contributed by atoms with Crippen molar-refractivity contribution in [2.75, 3.05) is 48.8 Å². The van der Waals surface area contributed by atoms with Gasteiger partial charge >= 0.3 is 5.97 Å². The Morgan fingerprint density at radius 2 is 1.62 bits per heavy atom. The lowest BCUT2D eigenvalue weighted by Gasteiger charge is -2.37. The second-order valence-corrected chi connectivity index (χ2v) is 9.48. The van der Waals surface area contributed by atoms with Gasteiger partial charge in [-0.15, -0.1) is 0 Å². The summed E-state index contributed by atoms with van der Waals surface area (Å²) in [5, 5.41) is 0. The van der Waals surface area contributed by atoms with Crippen LogP contribution in [0.3, 0.4) is 0 Å². The van der Waals surface area contributed by atoms with Crippen molar-refractivity contribution >= 4 is 17.5 Å². The van der Waals surface area contributed by atoms with E-state index >= 15 is 0 Å². The van der Waals surface area contributed by atoms with E-state index in [2.05, 4.69) is 0 Å². The number of ether oxygens (including phenoxy) is 6. The van der Waals surface area contributed by atoms with Crippen molar-refractivity contribution < 1.29 is 38.0 Å². The number of carbonyl (C=O) groups excluding carboxylic acids is 2. The molecule has 0 bridgehead atoms. The lowest BCUT2D eigenvalue weighted by Crippen LogP contribution is -2.38. The van der Waals surface area contributed by atoms with Gasteiger partial charge in [-0.05, 0) is 43.0 Å². The van der Waals surface area contributed by atoms with Gasteiger partial charge in [0.25, 0.3) is 0 Å². The quantitative estimate of drug-likeness (QED) is 0.323. The molecule has 0 radical (unpaired) electrons. The van der Waals surface area contributed by atoms with Gasteiger partial charge in [0.05, 0.1) is 35.0 Å². The molecule has 0 saturated heterocycles. The van der Waals surface area contributed by atoms with E-state index in [-0.39, 0.29) is 31.3 Å². The third kappa shape index (κ3) is 5.63. The summed E-state index contributed by atoms with van der Waals surface area (Å²) in [5.41, 5.74) is 3.44. The van der Waals surface area contributed by atoms with Gasteiger partial charge in [-0.25, -0.2) is 0 Å². The first kappa shape index (κ1) is 28.2. The topological polar surface area (TPSA) is 102 Å². The standard InChI is InChI=1S/C30H35NO8/c1-17-27(30(33)39-12-11-34-2)28(21-9-8-20(35-3)16-25(21)37-5)29-22(31-17)13-19(14-23(29)32)18-7-10-24(36-4)26(15-18)38-6/h7-10,15-16,19,27-28H,11-14H2,1-6H3/t19-,27?,28-/m1/s1. The number of esters is 1. The smallest absolute Gasteiger partial charge is 0.315 e. The fraction of sp³-hybridized carbons (Fsp3) is 0.433. The molecule has 0 N–H and O–H groups in total. The number of rotatable bonds is 10. The van der Waals surface area contributed by atoms with Crippen molar-refractivity contribution in [3.63, 3.8) is 0 Å². The summed E-state index contributed by atoms with van der Waals surface area (Å²) in [6.07, 6.45) is 0.803. The number of allylic oxidation sites excluding steroid dienone is 2. The number of nitrogens with zero attached hydrogens (tertiary/aromatic N) is 1. The second-order valence-electron chi connectivity index (χ2n) is 9.48. The van der Waals surface area contributed by atoms with E-state index in [1.807, 2.05) is 24.3 Å². The highest BCUT2D eigenvalue weighted by molar-refractivity contribution is 6.09. The molecular weight excluding hydrogens is 502 g/mol. The zero-order chi connectivity index (χ0) is 28.1. The van der Waals surface area contributed by atoms with Gasteiger partial charge in [-0.3, -0.25) is 14.6 Å². The highest BCUT2D eigenvalue weighted by atomic mass is 16.6. The molecule has 2 aromatic carbocycles. The van der Waals surface area contributed by atoms with E-state index in [4.69, 9.17) is 33.4 Å². The van der Waals surface area contributed by atoms with E-state index < -0.39 is 17.8 Å². The lowest BCUT2D eigenvalue weighted by atomic mass is 9.69. The molecule has 0 saturated carbocycles. The van der Waals surface area contributed by atoms with Crippen molar-refractivity contribution in [1.82, 2.24) is 0 Å². The zero-order valence-corrected chi connectivity index (χ0v) is 23.2. The molecule has 1 aliphatic carbocycles. The molecule has 0 fully saturated rings. The first-order valence-corrected chi connectivity index (χ1v) is 12.8. The number of aliphatic imine (C=N–C) groups is 1. The van der Waals surface area contributed by atoms with Crippen molar-refractivity contribution in [2.24, 2.45) is 10.9 Å². The average Bonchev–Trinajstić information content (AvgIpc) is 2.95. The van der Waals surface area contributed by atoms with Crippen LogP contribution in [0.25, 0.3) is 0 Å². The minimum Gasteiger partial charge on any atom is -0.497 e. The van der Waals surface area contributed by atoms with Crippen LogP contribution in [0.5, 0.6) is 23.0 Å². The van der Waals surface area contributed by atoms with Gasteiger partial charge in [0.2, 0.25) is 0 Å². The van der Waals surface area contributed by atoms with E-state index in [0.29, 0.717) is 52.0 Å². The third-order valence-electron chi connectivity index (χ3n) is 7.33. The van der Waals surface area contributed by atoms with Crippen LogP contribution in [-0.2, 0) is 19.1 Å². The van der Waals surface area contributed by atoms with E-state index in [9.17, 15) is 9.59 Å². The minimum absolute atomic E-state index is 0.0650. The highest BCUT2D eigenvalue weighted by Gasteiger charge is 2.46. The van der Waals surface area contributed by atoms with Gasteiger partial charge in [-0.1, -0.05) is 12.1 Å². The van der Waals surface area contributed by atoms with E-state index in [1.165, 1.54) is 0 Å². The molecule has 2 aromatic rings. The second kappa shape index (κ2) is 12.3. The molecule has 9 nitrogen and oxygen atoms in total. The van der Waals surface area contributed by atoms with Gasteiger partial charge < -0.3 is 28.4 Å². The predicted octanol–water partition coefficient (Wildman–Crippen LogP) is 4.49. The molecule has 1 heterocycles. The number of Topliss-reactive ketones (excluding diaryl/α,β-unsaturated/α-hetero) is 1. The maximum Gasteiger partial charge on any atom is 0.315 e. The van der Waals surface area contributed by atoms with Gasteiger partial charge in [-0.2, -0.15) is 0 Å². The summed E-state index contributed by atoms with van der Waals surface area (Å²) in [7, 11) is 7.84. The molecule has 0 aromatic heterocycles. The Morgan fingerprint density at radius 1 is 0.872 bits per heavy atom. The molecule has 4 rings (SSSR count). The first-order valence-electron chi connectivity index (χ1n) is 12.8. The Kier molecular flexibility index (Phi) is 8.91. The van der Waals surface area contributed by atoms with Crippen LogP contribution in [0, 0.1) is 5.92 Å². The number of hydrogen-bond donors (Lipinski definition) is 0. The minimum atomic E-state index is -0.788. The Labute approximate surface area is 228 Å². The van der Waals surface area contributed by atoms with E-state index in [1.54, 1.807) is 54.6 Å². The summed E-state index contributed by atoms with van der Waals surface area (Å²) in [5.74, 6) is 0.316. The molecular formula is C30H35NO8. The summed E-state index contributed by atoms with van der Waals surface area (Å²) >= 11 is 0. The lowest BCUT2D eigenvalue weighted by molar-refractivity contribution is -0.147. The predicted molar refractivity (Wildman–Crippen MR) is 145 cm³/mol. The fourth-order valence-electron chi connectivity index (χ4n) is 5.43. The summed E-state index contributed by atoms with van der Waals surface area (Å²) in [4.78, 5) is 32.1. The monoisotopic (exact) mass is 537 g/mol. The Balaban J connectivity index is 1.79. The summed E-state index contributed by atoms with van der Waals surface area (Å²) in [6, 6.07) is 11.1. The van der Waals surface area contributed by atoms with Crippen LogP contribution in [0.4, 0.5) is 0 Å². The Morgan fingerprint density at radius 3 is 2.28 bits per heavy atom. The van der Waals surface area contributed by atoms with E-state index in [0.717, 1.165) is 5.56 Å². The molecule has 0 spiro atoms. The van der Waals surface area contributed by atoms with Gasteiger partial charge in [0.15, 0.2) is 17.3 Å². The fourth-order valence-corrected chi connectivity index (χ4v) is 5.43. The number of carbonyl (C=O) groups is 2. The molecule has 2 aliphatic rings. The molecule has 0 amide bonds. The average molecular weight is 538 g/mol. The molecule has 208 valence electrons. The third-order valence-corrected chi connectivity index (χ3v) is 7.33. The summed E-state index contributed by atoms with van der Waals surface area (Å²) < 4.78 is 32.5. The van der Waals surface area contributed by atoms with Gasteiger partial charge in [0, 0.05) is 48.1 Å². The van der Waals surface area contributed by atoms with Crippen LogP contribution < -0.4 is 18.9 Å². The summed E-state index contributed by atoms with van der Waals surface area (Å²) in [6.45, 7) is 2.18. The highest BCUT2D eigenvalue weighted by Crippen LogP contribution is 2.49. The first-order chi connectivity index (χ1) is 18.9. The Hall–Kier alpha value is -3.85. The van der Waals surface area contributed by atoms with Crippen molar-refractivity contribution in [2.45, 2.75) is 31.6 Å². The number of ketones is 1. The molecule has 1 aliphatic heterocycles. The van der Waals surface area contributed by atoms with Crippen molar-refractivity contribution in [3.05, 3.63) is 58.8 Å². The normalized spacial score (nSPS) is 20.6. The zero-order valence-electron chi connectivity index (χ0n) is 23.2.